The monoisotopic (exact) mass is 608 g/mol. The van der Waals surface area contributed by atoms with Crippen LogP contribution in [0, 0.1) is 0 Å². The lowest BCUT2D eigenvalue weighted by atomic mass is 10.1. The van der Waals surface area contributed by atoms with Crippen LogP contribution < -0.4 is 30.7 Å². The maximum absolute atomic E-state index is 12.8. The fraction of sp³-hybridized carbons (Fsp3) is 0.419. The number of thiazole rings is 1. The van der Waals surface area contributed by atoms with Crippen LogP contribution in [0.25, 0.3) is 0 Å². The Hall–Kier alpha value is -4.16. The summed E-state index contributed by atoms with van der Waals surface area (Å²) in [6.45, 7) is 6.93. The Morgan fingerprint density at radius 3 is 2.35 bits per heavy atom. The fourth-order valence-corrected chi connectivity index (χ4v) is 5.36. The standard InChI is InChI=1S/C31H40N6O5S/c1-4-22(5-2)34-30(40)35-24-13-14-25(26(19-24)41-3)42-28-20-32-31(43-28)36-29(39)21-9-11-23(12-10-21)33-27(38)15-18-37-16-7-6-8-17-37/h9-14,19-20,22H,4-8,15-18H2,1-3H3,(H,33,38)(H,32,36,39)(H2,34,35,40). The highest BCUT2D eigenvalue weighted by Crippen LogP contribution is 2.37. The first-order valence-corrected chi connectivity index (χ1v) is 15.5. The molecule has 0 spiro atoms. The van der Waals surface area contributed by atoms with E-state index in [4.69, 9.17) is 9.47 Å². The molecule has 43 heavy (non-hydrogen) atoms. The van der Waals surface area contributed by atoms with Crippen molar-refractivity contribution in [2.24, 2.45) is 0 Å². The van der Waals surface area contributed by atoms with E-state index in [-0.39, 0.29) is 23.9 Å². The Morgan fingerprint density at radius 1 is 0.930 bits per heavy atom. The number of amides is 4. The van der Waals surface area contributed by atoms with Crippen molar-refractivity contribution in [3.05, 3.63) is 54.2 Å². The average Bonchev–Trinajstić information content (AvgIpc) is 3.46. The highest BCUT2D eigenvalue weighted by molar-refractivity contribution is 7.17. The SMILES string of the molecule is CCC(CC)NC(=O)Nc1ccc(Oc2cnc(NC(=O)c3ccc(NC(=O)CCN4CCCCC4)cc3)s2)c(OC)c1. The van der Waals surface area contributed by atoms with E-state index in [0.29, 0.717) is 45.1 Å². The molecule has 12 heteroatoms. The van der Waals surface area contributed by atoms with Gasteiger partial charge in [-0.15, -0.1) is 0 Å². The van der Waals surface area contributed by atoms with E-state index in [2.05, 4.69) is 31.2 Å². The second kappa shape index (κ2) is 15.9. The van der Waals surface area contributed by atoms with Gasteiger partial charge in [0.05, 0.1) is 13.3 Å². The molecular weight excluding hydrogens is 568 g/mol. The number of methoxy groups -OCH3 is 1. The van der Waals surface area contributed by atoms with E-state index < -0.39 is 0 Å². The molecule has 2 heterocycles. The van der Waals surface area contributed by atoms with Crippen LogP contribution in [0.1, 0.15) is 62.7 Å². The molecule has 3 aromatic rings. The molecular formula is C31H40N6O5S. The zero-order valence-electron chi connectivity index (χ0n) is 24.9. The molecule has 1 fully saturated rings. The van der Waals surface area contributed by atoms with Crippen LogP contribution >= 0.6 is 11.3 Å². The Balaban J connectivity index is 1.27. The van der Waals surface area contributed by atoms with E-state index in [0.717, 1.165) is 43.8 Å². The maximum Gasteiger partial charge on any atom is 0.319 e. The van der Waals surface area contributed by atoms with Gasteiger partial charge in [0.1, 0.15) is 0 Å². The van der Waals surface area contributed by atoms with Crippen molar-refractivity contribution in [1.82, 2.24) is 15.2 Å². The molecule has 1 aliphatic rings. The highest BCUT2D eigenvalue weighted by atomic mass is 32.1. The lowest BCUT2D eigenvalue weighted by Crippen LogP contribution is -2.37. The van der Waals surface area contributed by atoms with Gasteiger partial charge in [-0.25, -0.2) is 9.78 Å². The maximum atomic E-state index is 12.8. The van der Waals surface area contributed by atoms with Gasteiger partial charge in [0.2, 0.25) is 11.0 Å². The second-order valence-electron chi connectivity index (χ2n) is 10.3. The fourth-order valence-electron chi connectivity index (χ4n) is 4.69. The Kier molecular flexibility index (Phi) is 11.7. The summed E-state index contributed by atoms with van der Waals surface area (Å²) in [5.41, 5.74) is 1.64. The Labute approximate surface area is 256 Å². The number of nitrogens with zero attached hydrogens (tertiary/aromatic N) is 2. The van der Waals surface area contributed by atoms with Gasteiger partial charge in [0.25, 0.3) is 5.91 Å². The normalized spacial score (nSPS) is 13.3. The molecule has 4 N–H and O–H groups in total. The molecule has 1 aromatic heterocycles. The topological polar surface area (TPSA) is 134 Å². The lowest BCUT2D eigenvalue weighted by molar-refractivity contribution is -0.116. The van der Waals surface area contributed by atoms with Gasteiger partial charge in [-0.05, 0) is 75.2 Å². The number of hydrogen-bond donors (Lipinski definition) is 4. The Bertz CT molecular complexity index is 1370. The lowest BCUT2D eigenvalue weighted by Gasteiger charge is -2.25. The number of nitrogens with one attached hydrogen (secondary N) is 4. The minimum absolute atomic E-state index is 0.0387. The molecule has 230 valence electrons. The van der Waals surface area contributed by atoms with Crippen molar-refractivity contribution in [1.29, 1.82) is 0 Å². The van der Waals surface area contributed by atoms with Gasteiger partial charge in [0, 0.05) is 42.0 Å². The highest BCUT2D eigenvalue weighted by Gasteiger charge is 2.15. The number of urea groups is 1. The summed E-state index contributed by atoms with van der Waals surface area (Å²) in [6, 6.07) is 11.7. The van der Waals surface area contributed by atoms with Crippen molar-refractivity contribution in [2.45, 2.75) is 58.4 Å². The number of likely N-dealkylation sites (tertiary alicyclic amines) is 1. The summed E-state index contributed by atoms with van der Waals surface area (Å²) in [5.74, 6) is 0.494. The Morgan fingerprint density at radius 2 is 1.65 bits per heavy atom. The van der Waals surface area contributed by atoms with Gasteiger partial charge in [0.15, 0.2) is 16.6 Å². The van der Waals surface area contributed by atoms with Crippen LogP contribution in [0.2, 0.25) is 0 Å². The van der Waals surface area contributed by atoms with Gasteiger partial charge in [-0.1, -0.05) is 31.6 Å². The molecule has 0 atom stereocenters. The molecule has 0 saturated carbocycles. The number of benzene rings is 2. The minimum Gasteiger partial charge on any atom is -0.493 e. The van der Waals surface area contributed by atoms with Crippen molar-refractivity contribution < 1.29 is 23.9 Å². The smallest absolute Gasteiger partial charge is 0.319 e. The largest absolute Gasteiger partial charge is 0.493 e. The average molecular weight is 609 g/mol. The third kappa shape index (κ3) is 9.69. The second-order valence-corrected chi connectivity index (χ2v) is 11.3. The first-order valence-electron chi connectivity index (χ1n) is 14.7. The molecule has 0 radical (unpaired) electrons. The molecule has 0 bridgehead atoms. The zero-order valence-corrected chi connectivity index (χ0v) is 25.7. The van der Waals surface area contributed by atoms with Crippen LogP contribution in [0.5, 0.6) is 16.6 Å². The number of rotatable bonds is 13. The van der Waals surface area contributed by atoms with Crippen LogP contribution in [-0.4, -0.2) is 60.5 Å². The number of hydrogen-bond acceptors (Lipinski definition) is 8. The van der Waals surface area contributed by atoms with Crippen molar-refractivity contribution in [3.8, 4) is 16.6 Å². The number of anilines is 3. The summed E-state index contributed by atoms with van der Waals surface area (Å²) in [4.78, 5) is 44.0. The van der Waals surface area contributed by atoms with Crippen LogP contribution in [-0.2, 0) is 4.79 Å². The first-order chi connectivity index (χ1) is 20.9. The molecule has 0 unspecified atom stereocenters. The van der Waals surface area contributed by atoms with Gasteiger partial charge in [-0.2, -0.15) is 0 Å². The van der Waals surface area contributed by atoms with E-state index in [9.17, 15) is 14.4 Å². The number of carbonyl (C=O) groups excluding carboxylic acids is 3. The summed E-state index contributed by atoms with van der Waals surface area (Å²) in [5, 5.41) is 12.2. The predicted molar refractivity (Wildman–Crippen MR) is 170 cm³/mol. The van der Waals surface area contributed by atoms with E-state index in [1.165, 1.54) is 32.6 Å². The summed E-state index contributed by atoms with van der Waals surface area (Å²) < 4.78 is 11.4. The van der Waals surface area contributed by atoms with Gasteiger partial charge >= 0.3 is 6.03 Å². The van der Waals surface area contributed by atoms with Crippen molar-refractivity contribution >= 4 is 45.7 Å². The van der Waals surface area contributed by atoms with Crippen LogP contribution in [0.3, 0.4) is 0 Å². The minimum atomic E-state index is -0.330. The van der Waals surface area contributed by atoms with Crippen molar-refractivity contribution in [2.75, 3.05) is 42.7 Å². The van der Waals surface area contributed by atoms with E-state index in [1.54, 1.807) is 42.5 Å². The number of ether oxygens (including phenoxy) is 2. The summed E-state index contributed by atoms with van der Waals surface area (Å²) >= 11 is 1.16. The van der Waals surface area contributed by atoms with Gasteiger partial charge in [-0.3, -0.25) is 14.9 Å². The quantitative estimate of drug-likeness (QED) is 0.178. The summed E-state index contributed by atoms with van der Waals surface area (Å²) in [7, 11) is 1.51. The predicted octanol–water partition coefficient (Wildman–Crippen LogP) is 6.32. The molecule has 11 nitrogen and oxygen atoms in total. The third-order valence-corrected chi connectivity index (χ3v) is 7.98. The first kappa shape index (κ1) is 31.8. The molecule has 4 amide bonds. The van der Waals surface area contributed by atoms with E-state index in [1.807, 2.05) is 13.8 Å². The van der Waals surface area contributed by atoms with Crippen LogP contribution in [0.15, 0.2) is 48.7 Å². The number of carbonyl (C=O) groups is 3. The summed E-state index contributed by atoms with van der Waals surface area (Å²) in [6.07, 6.45) is 7.32. The van der Waals surface area contributed by atoms with Crippen LogP contribution in [0.4, 0.5) is 21.3 Å². The molecule has 4 rings (SSSR count). The molecule has 0 aliphatic carbocycles. The molecule has 1 saturated heterocycles. The van der Waals surface area contributed by atoms with E-state index >= 15 is 0 Å². The number of aromatic nitrogens is 1. The molecule has 1 aliphatic heterocycles. The van der Waals surface area contributed by atoms with Gasteiger partial charge < -0.3 is 30.3 Å². The third-order valence-electron chi connectivity index (χ3n) is 7.19. The molecule has 2 aromatic carbocycles. The van der Waals surface area contributed by atoms with Crippen molar-refractivity contribution in [3.63, 3.8) is 0 Å². The zero-order chi connectivity index (χ0) is 30.6. The number of piperidine rings is 1.